The summed E-state index contributed by atoms with van der Waals surface area (Å²) < 4.78 is 35.3. The fraction of sp³-hybridized carbons (Fsp3) is 0.222. The van der Waals surface area contributed by atoms with Crippen LogP contribution >= 0.6 is 0 Å². The quantitative estimate of drug-likeness (QED) is 0.720. The zero-order valence-corrected chi connectivity index (χ0v) is 15.9. The van der Waals surface area contributed by atoms with Gasteiger partial charge in [0.1, 0.15) is 5.75 Å². The summed E-state index contributed by atoms with van der Waals surface area (Å²) in [5.41, 5.74) is 0.561. The van der Waals surface area contributed by atoms with E-state index in [4.69, 9.17) is 9.47 Å². The molecule has 0 fully saturated rings. The maximum Gasteiger partial charge on any atom is 0.338 e. The Kier molecular flexibility index (Phi) is 6.54. The van der Waals surface area contributed by atoms with Crippen LogP contribution in [0.3, 0.4) is 0 Å². The number of nitrogens with zero attached hydrogens (tertiary/aromatic N) is 1. The van der Waals surface area contributed by atoms with E-state index in [2.05, 4.69) is 5.32 Å². The lowest BCUT2D eigenvalue weighted by Gasteiger charge is -2.12. The zero-order valence-electron chi connectivity index (χ0n) is 15.1. The fourth-order valence-electron chi connectivity index (χ4n) is 2.08. The molecule has 9 heteroatoms. The number of carbonyl (C=O) groups excluding carboxylic acids is 2. The Hall–Kier alpha value is -2.91. The molecule has 2 aromatic rings. The van der Waals surface area contributed by atoms with Crippen LogP contribution in [0.4, 0.5) is 5.69 Å². The maximum absolute atomic E-state index is 12.1. The molecule has 27 heavy (non-hydrogen) atoms. The second-order valence-electron chi connectivity index (χ2n) is 5.67. The van der Waals surface area contributed by atoms with Crippen molar-refractivity contribution < 1.29 is 27.5 Å². The van der Waals surface area contributed by atoms with E-state index in [0.29, 0.717) is 5.75 Å². The minimum absolute atomic E-state index is 0.0422. The number of hydrogen-bond donors (Lipinski definition) is 1. The summed E-state index contributed by atoms with van der Waals surface area (Å²) in [5, 5.41) is 2.50. The first-order chi connectivity index (χ1) is 12.7. The number of methoxy groups -OCH3 is 1. The van der Waals surface area contributed by atoms with Crippen molar-refractivity contribution in [1.29, 1.82) is 0 Å². The second kappa shape index (κ2) is 8.65. The highest BCUT2D eigenvalue weighted by atomic mass is 32.2. The van der Waals surface area contributed by atoms with Gasteiger partial charge in [0, 0.05) is 19.8 Å². The van der Waals surface area contributed by atoms with Crippen molar-refractivity contribution in [3.63, 3.8) is 0 Å². The van der Waals surface area contributed by atoms with Crippen LogP contribution in [-0.4, -0.2) is 52.4 Å². The highest BCUT2D eigenvalue weighted by Gasteiger charge is 2.18. The van der Waals surface area contributed by atoms with Crippen molar-refractivity contribution in [1.82, 2.24) is 4.31 Å². The molecule has 2 aromatic carbocycles. The van der Waals surface area contributed by atoms with Gasteiger partial charge in [-0.2, -0.15) is 0 Å². The first-order valence-electron chi connectivity index (χ1n) is 7.87. The number of benzene rings is 2. The van der Waals surface area contributed by atoms with Gasteiger partial charge >= 0.3 is 5.97 Å². The summed E-state index contributed by atoms with van der Waals surface area (Å²) >= 11 is 0. The Morgan fingerprint density at radius 2 is 1.74 bits per heavy atom. The Morgan fingerprint density at radius 3 is 2.33 bits per heavy atom. The molecule has 8 nitrogen and oxygen atoms in total. The molecular weight excluding hydrogens is 372 g/mol. The van der Waals surface area contributed by atoms with Gasteiger partial charge in [0.05, 0.1) is 17.6 Å². The van der Waals surface area contributed by atoms with Crippen LogP contribution in [0.5, 0.6) is 5.75 Å². The highest BCUT2D eigenvalue weighted by molar-refractivity contribution is 7.89. The summed E-state index contributed by atoms with van der Waals surface area (Å²) in [6.45, 7) is -0.504. The second-order valence-corrected chi connectivity index (χ2v) is 7.82. The molecule has 0 radical (unpaired) electrons. The molecule has 0 aliphatic heterocycles. The number of ether oxygens (including phenoxy) is 2. The Balaban J connectivity index is 1.96. The predicted molar refractivity (Wildman–Crippen MR) is 99.2 cm³/mol. The Morgan fingerprint density at radius 1 is 1.07 bits per heavy atom. The number of amides is 1. The summed E-state index contributed by atoms with van der Waals surface area (Å²) in [6, 6.07) is 12.1. The number of carbonyl (C=O) groups is 2. The Bertz CT molecular complexity index is 923. The van der Waals surface area contributed by atoms with E-state index in [-0.39, 0.29) is 16.1 Å². The van der Waals surface area contributed by atoms with E-state index < -0.39 is 28.5 Å². The largest absolute Gasteiger partial charge is 0.497 e. The average Bonchev–Trinajstić information content (AvgIpc) is 2.66. The third kappa shape index (κ3) is 5.28. The number of nitrogens with one attached hydrogen (secondary N) is 1. The lowest BCUT2D eigenvalue weighted by Crippen LogP contribution is -2.23. The van der Waals surface area contributed by atoms with Crippen molar-refractivity contribution in [3.05, 3.63) is 54.1 Å². The van der Waals surface area contributed by atoms with E-state index in [1.807, 2.05) is 0 Å². The maximum atomic E-state index is 12.1. The standard InChI is InChI=1S/C18H20N2O6S/c1-20(2)27(23,24)16-6-4-5-14(11-16)19-17(21)12-26-18(22)13-7-9-15(25-3)10-8-13/h4-11H,12H2,1-3H3,(H,19,21). The summed E-state index contributed by atoms with van der Waals surface area (Å²) in [6.07, 6.45) is 0. The minimum Gasteiger partial charge on any atom is -0.497 e. The number of rotatable bonds is 7. The molecular formula is C18H20N2O6S. The molecule has 1 amide bonds. The molecule has 2 rings (SSSR count). The normalized spacial score (nSPS) is 11.1. The third-order valence-corrected chi connectivity index (χ3v) is 5.37. The van der Waals surface area contributed by atoms with Crippen LogP contribution in [0.1, 0.15) is 10.4 Å². The summed E-state index contributed by atoms with van der Waals surface area (Å²) in [7, 11) is 0.726. The number of anilines is 1. The number of esters is 1. The van der Waals surface area contributed by atoms with E-state index in [0.717, 1.165) is 4.31 Å². The smallest absolute Gasteiger partial charge is 0.338 e. The van der Waals surface area contributed by atoms with Crippen molar-refractivity contribution in [2.45, 2.75) is 4.90 Å². The van der Waals surface area contributed by atoms with Crippen molar-refractivity contribution in [2.24, 2.45) is 0 Å². The first kappa shape index (κ1) is 20.4. The summed E-state index contributed by atoms with van der Waals surface area (Å²) in [4.78, 5) is 24.0. The van der Waals surface area contributed by atoms with Crippen molar-refractivity contribution >= 4 is 27.6 Å². The lowest BCUT2D eigenvalue weighted by atomic mass is 10.2. The molecule has 0 saturated carbocycles. The molecule has 144 valence electrons. The minimum atomic E-state index is -3.62. The number of hydrogen-bond acceptors (Lipinski definition) is 6. The van der Waals surface area contributed by atoms with Crippen LogP contribution in [0.25, 0.3) is 0 Å². The van der Waals surface area contributed by atoms with E-state index >= 15 is 0 Å². The van der Waals surface area contributed by atoms with Gasteiger partial charge in [-0.3, -0.25) is 4.79 Å². The SMILES string of the molecule is COc1ccc(C(=O)OCC(=O)Nc2cccc(S(=O)(=O)N(C)C)c2)cc1. The third-order valence-electron chi connectivity index (χ3n) is 3.56. The van der Waals surface area contributed by atoms with Crippen LogP contribution in [0.2, 0.25) is 0 Å². The van der Waals surface area contributed by atoms with Gasteiger partial charge < -0.3 is 14.8 Å². The fourth-order valence-corrected chi connectivity index (χ4v) is 3.03. The number of sulfonamides is 1. The molecule has 0 aromatic heterocycles. The van der Waals surface area contributed by atoms with Crippen LogP contribution in [0.15, 0.2) is 53.4 Å². The molecule has 0 saturated heterocycles. The first-order valence-corrected chi connectivity index (χ1v) is 9.31. The molecule has 0 aliphatic carbocycles. The molecule has 0 heterocycles. The Labute approximate surface area is 157 Å². The van der Waals surface area contributed by atoms with Gasteiger partial charge in [-0.1, -0.05) is 6.07 Å². The van der Waals surface area contributed by atoms with Gasteiger partial charge in [-0.05, 0) is 42.5 Å². The molecule has 0 unspecified atom stereocenters. The zero-order chi connectivity index (χ0) is 20.0. The topological polar surface area (TPSA) is 102 Å². The molecule has 0 bridgehead atoms. The van der Waals surface area contributed by atoms with Gasteiger partial charge in [0.2, 0.25) is 10.0 Å². The molecule has 1 N–H and O–H groups in total. The monoisotopic (exact) mass is 392 g/mol. The summed E-state index contributed by atoms with van der Waals surface area (Å²) in [5.74, 6) is -0.648. The van der Waals surface area contributed by atoms with Crippen LogP contribution in [-0.2, 0) is 19.6 Å². The highest BCUT2D eigenvalue weighted by Crippen LogP contribution is 2.18. The van der Waals surface area contributed by atoms with E-state index in [1.54, 1.807) is 12.1 Å². The van der Waals surface area contributed by atoms with E-state index in [1.165, 1.54) is 57.6 Å². The van der Waals surface area contributed by atoms with Crippen molar-refractivity contribution in [3.8, 4) is 5.75 Å². The van der Waals surface area contributed by atoms with Gasteiger partial charge in [-0.15, -0.1) is 0 Å². The molecule has 0 atom stereocenters. The predicted octanol–water partition coefficient (Wildman–Crippen LogP) is 1.74. The van der Waals surface area contributed by atoms with E-state index in [9.17, 15) is 18.0 Å². The average molecular weight is 392 g/mol. The lowest BCUT2D eigenvalue weighted by molar-refractivity contribution is -0.119. The van der Waals surface area contributed by atoms with Gasteiger partial charge in [0.15, 0.2) is 6.61 Å². The van der Waals surface area contributed by atoms with Crippen molar-refractivity contribution in [2.75, 3.05) is 33.1 Å². The molecule has 0 aliphatic rings. The van der Waals surface area contributed by atoms with Crippen LogP contribution in [0, 0.1) is 0 Å². The van der Waals surface area contributed by atoms with Gasteiger partial charge in [-0.25, -0.2) is 17.5 Å². The van der Waals surface area contributed by atoms with Gasteiger partial charge in [0.25, 0.3) is 5.91 Å². The molecule has 0 spiro atoms. The van der Waals surface area contributed by atoms with Crippen LogP contribution < -0.4 is 10.1 Å².